The molecule has 3 aromatic rings. The number of carbonyl (C=O) groups is 1. The number of nitrogens with one attached hydrogen (secondary N) is 1. The van der Waals surface area contributed by atoms with Gasteiger partial charge < -0.3 is 10.4 Å². The Hall–Kier alpha value is -1.83. The first-order chi connectivity index (χ1) is 12.1. The van der Waals surface area contributed by atoms with Crippen molar-refractivity contribution in [3.05, 3.63) is 40.7 Å². The molecule has 8 heteroatoms. The van der Waals surface area contributed by atoms with Gasteiger partial charge in [-0.1, -0.05) is 23.7 Å². The predicted octanol–water partition coefficient (Wildman–Crippen LogP) is 4.63. The summed E-state index contributed by atoms with van der Waals surface area (Å²) in [5.41, 5.74) is 0.744. The molecule has 1 aromatic carbocycles. The number of thiophene rings is 1. The Morgan fingerprint density at radius 3 is 2.84 bits per heavy atom. The number of anilines is 1. The van der Waals surface area contributed by atoms with Gasteiger partial charge >= 0.3 is 5.97 Å². The van der Waals surface area contributed by atoms with Crippen LogP contribution in [0.4, 0.5) is 5.82 Å². The number of para-hydroxylation sites is 1. The normalized spacial score (nSPS) is 12.2. The Labute approximate surface area is 158 Å². The van der Waals surface area contributed by atoms with Crippen LogP contribution in [0.5, 0.6) is 0 Å². The van der Waals surface area contributed by atoms with Crippen molar-refractivity contribution in [1.29, 1.82) is 0 Å². The number of hydrogen-bond donors (Lipinski definition) is 2. The average Bonchev–Trinajstić information content (AvgIpc) is 3.04. The fraction of sp³-hybridized carbons (Fsp3) is 0.235. The van der Waals surface area contributed by atoms with E-state index in [1.807, 2.05) is 35.9 Å². The van der Waals surface area contributed by atoms with Crippen LogP contribution in [0.3, 0.4) is 0 Å². The van der Waals surface area contributed by atoms with Crippen LogP contribution in [0.1, 0.15) is 6.42 Å². The number of carboxylic acid groups (broad SMARTS) is 1. The molecule has 25 heavy (non-hydrogen) atoms. The minimum absolute atomic E-state index is 0.496. The quantitative estimate of drug-likeness (QED) is 0.609. The fourth-order valence-corrected chi connectivity index (χ4v) is 3.94. The standard InChI is InChI=1S/C17H16ClN3O2S2/c1-24-8-7-13(17(22)23)20-15-10-4-2-3-5-12(10)19-16(21-15)14-11(18)6-9-25-14/h2-6,9,13H,7-8H2,1H3,(H,22,23)(H,19,20,21). The summed E-state index contributed by atoms with van der Waals surface area (Å²) in [6.45, 7) is 0. The van der Waals surface area contributed by atoms with Gasteiger partial charge in [0, 0.05) is 5.39 Å². The first-order valence-corrected chi connectivity index (χ1v) is 10.2. The third-order valence-corrected chi connectivity index (χ3v) is 5.62. The Bertz CT molecular complexity index is 900. The molecule has 1 atom stereocenters. The van der Waals surface area contributed by atoms with E-state index in [4.69, 9.17) is 11.6 Å². The van der Waals surface area contributed by atoms with E-state index >= 15 is 0 Å². The largest absolute Gasteiger partial charge is 0.480 e. The molecule has 2 aromatic heterocycles. The highest BCUT2D eigenvalue weighted by atomic mass is 35.5. The minimum Gasteiger partial charge on any atom is -0.480 e. The predicted molar refractivity (Wildman–Crippen MR) is 106 cm³/mol. The van der Waals surface area contributed by atoms with Crippen LogP contribution in [0.15, 0.2) is 35.7 Å². The molecule has 5 nitrogen and oxygen atoms in total. The fourth-order valence-electron chi connectivity index (χ4n) is 2.40. The van der Waals surface area contributed by atoms with Gasteiger partial charge in [-0.15, -0.1) is 11.3 Å². The van der Waals surface area contributed by atoms with Crippen LogP contribution in [-0.4, -0.2) is 39.1 Å². The third kappa shape index (κ3) is 4.05. The van der Waals surface area contributed by atoms with Gasteiger partial charge in [0.2, 0.25) is 0 Å². The van der Waals surface area contributed by atoms with Gasteiger partial charge in [0.05, 0.1) is 15.4 Å². The second kappa shape index (κ2) is 8.03. The van der Waals surface area contributed by atoms with Crippen molar-refractivity contribution < 1.29 is 9.90 Å². The van der Waals surface area contributed by atoms with Gasteiger partial charge in [-0.3, -0.25) is 0 Å². The van der Waals surface area contributed by atoms with E-state index in [0.29, 0.717) is 23.1 Å². The molecule has 1 unspecified atom stereocenters. The molecule has 3 rings (SSSR count). The molecule has 0 radical (unpaired) electrons. The van der Waals surface area contributed by atoms with E-state index in [2.05, 4.69) is 15.3 Å². The number of fused-ring (bicyclic) bond motifs is 1. The lowest BCUT2D eigenvalue weighted by atomic mass is 10.2. The number of nitrogens with zero attached hydrogens (tertiary/aromatic N) is 2. The second-order valence-electron chi connectivity index (χ2n) is 5.33. The Balaban J connectivity index is 2.06. The van der Waals surface area contributed by atoms with Crippen LogP contribution < -0.4 is 5.32 Å². The molecular weight excluding hydrogens is 378 g/mol. The van der Waals surface area contributed by atoms with E-state index in [0.717, 1.165) is 21.5 Å². The highest BCUT2D eigenvalue weighted by molar-refractivity contribution is 7.98. The van der Waals surface area contributed by atoms with Gasteiger partial charge in [-0.2, -0.15) is 11.8 Å². The van der Waals surface area contributed by atoms with Crippen LogP contribution in [0.2, 0.25) is 5.02 Å². The summed E-state index contributed by atoms with van der Waals surface area (Å²) in [6.07, 6.45) is 2.46. The van der Waals surface area contributed by atoms with Gasteiger partial charge in [-0.05, 0) is 42.0 Å². The molecule has 2 heterocycles. The summed E-state index contributed by atoms with van der Waals surface area (Å²) in [7, 11) is 0. The smallest absolute Gasteiger partial charge is 0.326 e. The van der Waals surface area contributed by atoms with Crippen molar-refractivity contribution in [3.63, 3.8) is 0 Å². The number of hydrogen-bond acceptors (Lipinski definition) is 6. The Morgan fingerprint density at radius 1 is 1.36 bits per heavy atom. The zero-order chi connectivity index (χ0) is 17.8. The van der Waals surface area contributed by atoms with Crippen LogP contribution in [0, 0.1) is 0 Å². The molecule has 0 bridgehead atoms. The molecule has 0 aliphatic heterocycles. The highest BCUT2D eigenvalue weighted by Crippen LogP contribution is 2.33. The molecule has 0 amide bonds. The molecule has 0 spiro atoms. The van der Waals surface area contributed by atoms with Crippen molar-refractivity contribution in [2.75, 3.05) is 17.3 Å². The summed E-state index contributed by atoms with van der Waals surface area (Å²) in [6, 6.07) is 8.62. The van der Waals surface area contributed by atoms with Crippen LogP contribution in [-0.2, 0) is 4.79 Å². The number of rotatable bonds is 7. The second-order valence-corrected chi connectivity index (χ2v) is 7.64. The monoisotopic (exact) mass is 393 g/mol. The Morgan fingerprint density at radius 2 is 2.16 bits per heavy atom. The SMILES string of the molecule is CSCCC(Nc1nc(-c2sccc2Cl)nc2ccccc12)C(=O)O. The molecule has 0 aliphatic carbocycles. The van der Waals surface area contributed by atoms with Gasteiger partial charge in [-0.25, -0.2) is 14.8 Å². The average molecular weight is 394 g/mol. The molecule has 0 saturated carbocycles. The maximum Gasteiger partial charge on any atom is 0.326 e. The van der Waals surface area contributed by atoms with E-state index in [9.17, 15) is 9.90 Å². The lowest BCUT2D eigenvalue weighted by Gasteiger charge is -2.16. The van der Waals surface area contributed by atoms with Gasteiger partial charge in [0.15, 0.2) is 5.82 Å². The first-order valence-electron chi connectivity index (χ1n) is 7.58. The van der Waals surface area contributed by atoms with E-state index in [-0.39, 0.29) is 0 Å². The molecule has 2 N–H and O–H groups in total. The molecule has 130 valence electrons. The first kappa shape index (κ1) is 18.0. The van der Waals surface area contributed by atoms with E-state index in [1.165, 1.54) is 11.3 Å². The van der Waals surface area contributed by atoms with Crippen molar-refractivity contribution in [2.24, 2.45) is 0 Å². The zero-order valence-electron chi connectivity index (χ0n) is 13.4. The number of thioether (sulfide) groups is 1. The minimum atomic E-state index is -0.896. The highest BCUT2D eigenvalue weighted by Gasteiger charge is 2.20. The maximum atomic E-state index is 11.6. The third-order valence-electron chi connectivity index (χ3n) is 3.64. The number of halogens is 1. The number of aromatic nitrogens is 2. The summed E-state index contributed by atoms with van der Waals surface area (Å²) >= 11 is 9.28. The number of benzene rings is 1. The Kier molecular flexibility index (Phi) is 5.78. The van der Waals surface area contributed by atoms with Crippen molar-refractivity contribution >= 4 is 57.4 Å². The van der Waals surface area contributed by atoms with Crippen LogP contribution in [0.25, 0.3) is 21.6 Å². The van der Waals surface area contributed by atoms with Gasteiger partial charge in [0.25, 0.3) is 0 Å². The number of carboxylic acids is 1. The van der Waals surface area contributed by atoms with Crippen molar-refractivity contribution in [1.82, 2.24) is 9.97 Å². The van der Waals surface area contributed by atoms with Crippen LogP contribution >= 0.6 is 34.7 Å². The lowest BCUT2D eigenvalue weighted by molar-refractivity contribution is -0.137. The van der Waals surface area contributed by atoms with Gasteiger partial charge in [0.1, 0.15) is 11.9 Å². The van der Waals surface area contributed by atoms with E-state index in [1.54, 1.807) is 17.8 Å². The molecule has 0 aliphatic rings. The van der Waals surface area contributed by atoms with Crippen molar-refractivity contribution in [2.45, 2.75) is 12.5 Å². The van der Waals surface area contributed by atoms with Crippen molar-refractivity contribution in [3.8, 4) is 10.7 Å². The molecule has 0 fully saturated rings. The molecular formula is C17H16ClN3O2S2. The maximum absolute atomic E-state index is 11.6. The zero-order valence-corrected chi connectivity index (χ0v) is 15.8. The summed E-state index contributed by atoms with van der Waals surface area (Å²) in [5.74, 6) is 0.859. The van der Waals surface area contributed by atoms with E-state index < -0.39 is 12.0 Å². The molecule has 0 saturated heterocycles. The summed E-state index contributed by atoms with van der Waals surface area (Å²) in [4.78, 5) is 21.5. The lowest BCUT2D eigenvalue weighted by Crippen LogP contribution is -2.30. The summed E-state index contributed by atoms with van der Waals surface area (Å²) < 4.78 is 0. The topological polar surface area (TPSA) is 75.1 Å². The summed E-state index contributed by atoms with van der Waals surface area (Å²) in [5, 5.41) is 15.8. The number of aliphatic carboxylic acids is 1.